The van der Waals surface area contributed by atoms with E-state index < -0.39 is 5.91 Å². The van der Waals surface area contributed by atoms with Gasteiger partial charge in [-0.3, -0.25) is 9.69 Å². The Hall–Kier alpha value is -2.11. The van der Waals surface area contributed by atoms with Gasteiger partial charge in [0.2, 0.25) is 0 Å². The van der Waals surface area contributed by atoms with Gasteiger partial charge in [0, 0.05) is 25.7 Å². The van der Waals surface area contributed by atoms with Gasteiger partial charge in [-0.05, 0) is 42.4 Å². The minimum absolute atomic E-state index is 0.232. The summed E-state index contributed by atoms with van der Waals surface area (Å²) in [4.78, 5) is 13.7. The Balaban J connectivity index is 1.31. The van der Waals surface area contributed by atoms with E-state index in [0.29, 0.717) is 18.5 Å². The zero-order valence-electron chi connectivity index (χ0n) is 14.4. The zero-order valence-corrected chi connectivity index (χ0v) is 14.4. The molecule has 2 fully saturated rings. The van der Waals surface area contributed by atoms with Gasteiger partial charge in [-0.2, -0.15) is 0 Å². The molecule has 2 aromatic rings. The molecule has 1 saturated heterocycles. The predicted molar refractivity (Wildman–Crippen MR) is 95.8 cm³/mol. The van der Waals surface area contributed by atoms with Crippen LogP contribution in [0.1, 0.15) is 34.7 Å². The van der Waals surface area contributed by atoms with Crippen LogP contribution in [0.5, 0.6) is 0 Å². The SMILES string of the molecule is NC(=O)c1ccc(CN[C@@H]2CC[C@@H]3CN(Cc4ccccc4)C[C@H]32)o1. The Morgan fingerprint density at radius 2 is 2.00 bits per heavy atom. The number of nitrogens with zero attached hydrogens (tertiary/aromatic N) is 1. The van der Waals surface area contributed by atoms with E-state index in [2.05, 4.69) is 40.5 Å². The maximum atomic E-state index is 11.1. The zero-order chi connectivity index (χ0) is 17.2. The lowest BCUT2D eigenvalue weighted by atomic mass is 9.98. The van der Waals surface area contributed by atoms with Crippen molar-refractivity contribution in [2.24, 2.45) is 17.6 Å². The summed E-state index contributed by atoms with van der Waals surface area (Å²) in [7, 11) is 0. The smallest absolute Gasteiger partial charge is 0.284 e. The fraction of sp³-hybridized carbons (Fsp3) is 0.450. The second-order valence-electron chi connectivity index (χ2n) is 7.30. The number of likely N-dealkylation sites (tertiary alicyclic amines) is 1. The molecule has 1 aliphatic heterocycles. The predicted octanol–water partition coefficient (Wildman–Crippen LogP) is 2.38. The fourth-order valence-electron chi connectivity index (χ4n) is 4.42. The molecule has 1 aliphatic carbocycles. The van der Waals surface area contributed by atoms with Crippen molar-refractivity contribution in [1.82, 2.24) is 10.2 Å². The summed E-state index contributed by atoms with van der Waals surface area (Å²) in [5, 5.41) is 3.63. The van der Waals surface area contributed by atoms with Crippen molar-refractivity contribution in [3.05, 3.63) is 59.5 Å². The molecule has 1 aromatic heterocycles. The highest BCUT2D eigenvalue weighted by molar-refractivity contribution is 5.89. The Bertz CT molecular complexity index is 728. The highest BCUT2D eigenvalue weighted by atomic mass is 16.3. The summed E-state index contributed by atoms with van der Waals surface area (Å²) >= 11 is 0. The molecule has 3 N–H and O–H groups in total. The van der Waals surface area contributed by atoms with Crippen LogP contribution in [0.2, 0.25) is 0 Å². The van der Waals surface area contributed by atoms with Crippen molar-refractivity contribution >= 4 is 5.91 Å². The lowest BCUT2D eigenvalue weighted by Gasteiger charge is -2.21. The number of hydrogen-bond donors (Lipinski definition) is 2. The summed E-state index contributed by atoms with van der Waals surface area (Å²) < 4.78 is 5.47. The molecule has 2 aliphatic rings. The molecule has 5 nitrogen and oxygen atoms in total. The van der Waals surface area contributed by atoms with Crippen LogP contribution in [0.3, 0.4) is 0 Å². The number of fused-ring (bicyclic) bond motifs is 1. The maximum absolute atomic E-state index is 11.1. The summed E-state index contributed by atoms with van der Waals surface area (Å²) in [6.07, 6.45) is 2.51. The summed E-state index contributed by atoms with van der Waals surface area (Å²) in [6.45, 7) is 4.05. The highest BCUT2D eigenvalue weighted by Crippen LogP contribution is 2.38. The first-order chi connectivity index (χ1) is 12.2. The van der Waals surface area contributed by atoms with Crippen LogP contribution >= 0.6 is 0 Å². The molecule has 25 heavy (non-hydrogen) atoms. The fourth-order valence-corrected chi connectivity index (χ4v) is 4.42. The molecule has 132 valence electrons. The standard InChI is InChI=1S/C20H25N3O2/c21-20(24)19-9-7-16(25-19)10-22-18-8-6-15-12-23(13-17(15)18)11-14-4-2-1-3-5-14/h1-5,7,9,15,17-18,22H,6,8,10-13H2,(H2,21,24)/t15-,17-,18-/m1/s1. The molecule has 0 bridgehead atoms. The van der Waals surface area contributed by atoms with Crippen LogP contribution < -0.4 is 11.1 Å². The number of furan rings is 1. The molecule has 0 unspecified atom stereocenters. The monoisotopic (exact) mass is 339 g/mol. The molecule has 3 atom stereocenters. The highest BCUT2D eigenvalue weighted by Gasteiger charge is 2.42. The van der Waals surface area contributed by atoms with E-state index in [1.54, 1.807) is 6.07 Å². The Morgan fingerprint density at radius 3 is 2.76 bits per heavy atom. The average Bonchev–Trinajstić information content (AvgIpc) is 3.30. The Morgan fingerprint density at radius 1 is 1.16 bits per heavy atom. The number of nitrogens with two attached hydrogens (primary N) is 1. The van der Waals surface area contributed by atoms with Crippen LogP contribution in [-0.4, -0.2) is 29.9 Å². The number of amides is 1. The largest absolute Gasteiger partial charge is 0.455 e. The Kier molecular flexibility index (Phi) is 4.59. The van der Waals surface area contributed by atoms with Crippen molar-refractivity contribution in [1.29, 1.82) is 0 Å². The van der Waals surface area contributed by atoms with Gasteiger partial charge >= 0.3 is 0 Å². The van der Waals surface area contributed by atoms with E-state index in [9.17, 15) is 4.79 Å². The van der Waals surface area contributed by atoms with E-state index in [-0.39, 0.29) is 5.76 Å². The van der Waals surface area contributed by atoms with Crippen LogP contribution in [0.25, 0.3) is 0 Å². The molecule has 1 saturated carbocycles. The molecule has 0 spiro atoms. The van der Waals surface area contributed by atoms with Gasteiger partial charge in [0.05, 0.1) is 6.54 Å². The number of hydrogen-bond acceptors (Lipinski definition) is 4. The third kappa shape index (κ3) is 3.62. The summed E-state index contributed by atoms with van der Waals surface area (Å²) in [5.41, 5.74) is 6.63. The van der Waals surface area contributed by atoms with Gasteiger partial charge in [-0.25, -0.2) is 0 Å². The third-order valence-electron chi connectivity index (χ3n) is 5.62. The normalized spacial score (nSPS) is 26.0. The van der Waals surface area contributed by atoms with Crippen molar-refractivity contribution in [2.45, 2.75) is 32.0 Å². The second-order valence-corrected chi connectivity index (χ2v) is 7.30. The topological polar surface area (TPSA) is 71.5 Å². The first-order valence-corrected chi connectivity index (χ1v) is 9.07. The summed E-state index contributed by atoms with van der Waals surface area (Å²) in [6, 6.07) is 14.7. The van der Waals surface area contributed by atoms with Crippen molar-refractivity contribution in [2.75, 3.05) is 13.1 Å². The van der Waals surface area contributed by atoms with Crippen LogP contribution in [0.4, 0.5) is 0 Å². The number of rotatable bonds is 6. The lowest BCUT2D eigenvalue weighted by molar-refractivity contribution is 0.0972. The van der Waals surface area contributed by atoms with E-state index >= 15 is 0 Å². The molecule has 0 radical (unpaired) electrons. The van der Waals surface area contributed by atoms with Crippen LogP contribution in [-0.2, 0) is 13.1 Å². The van der Waals surface area contributed by atoms with E-state index in [1.165, 1.54) is 24.9 Å². The van der Waals surface area contributed by atoms with Crippen molar-refractivity contribution in [3.8, 4) is 0 Å². The average molecular weight is 339 g/mol. The molecule has 5 heteroatoms. The molecule has 1 amide bonds. The van der Waals surface area contributed by atoms with Gasteiger partial charge in [0.25, 0.3) is 5.91 Å². The van der Waals surface area contributed by atoms with Crippen molar-refractivity contribution in [3.63, 3.8) is 0 Å². The Labute approximate surface area is 148 Å². The summed E-state index contributed by atoms with van der Waals surface area (Å²) in [5.74, 6) is 1.99. The van der Waals surface area contributed by atoms with E-state index in [0.717, 1.165) is 24.8 Å². The van der Waals surface area contributed by atoms with Gasteiger partial charge in [0.1, 0.15) is 5.76 Å². The number of carbonyl (C=O) groups is 1. The second kappa shape index (κ2) is 7.02. The lowest BCUT2D eigenvalue weighted by Crippen LogP contribution is -2.35. The molecule has 4 rings (SSSR count). The minimum atomic E-state index is -0.514. The number of carbonyl (C=O) groups excluding carboxylic acids is 1. The molecule has 1 aromatic carbocycles. The number of nitrogens with one attached hydrogen (secondary N) is 1. The van der Waals surface area contributed by atoms with Crippen molar-refractivity contribution < 1.29 is 9.21 Å². The molecule has 2 heterocycles. The first-order valence-electron chi connectivity index (χ1n) is 9.07. The number of benzene rings is 1. The quantitative estimate of drug-likeness (QED) is 0.848. The van der Waals surface area contributed by atoms with Gasteiger partial charge in [-0.15, -0.1) is 0 Å². The van der Waals surface area contributed by atoms with E-state index in [4.69, 9.17) is 10.2 Å². The maximum Gasteiger partial charge on any atom is 0.284 e. The van der Waals surface area contributed by atoms with Crippen LogP contribution in [0.15, 0.2) is 46.9 Å². The minimum Gasteiger partial charge on any atom is -0.455 e. The van der Waals surface area contributed by atoms with Gasteiger partial charge in [-0.1, -0.05) is 30.3 Å². The molecular weight excluding hydrogens is 314 g/mol. The first kappa shape index (κ1) is 16.4. The van der Waals surface area contributed by atoms with Crippen LogP contribution in [0, 0.1) is 11.8 Å². The van der Waals surface area contributed by atoms with Gasteiger partial charge < -0.3 is 15.5 Å². The molecular formula is C20H25N3O2. The van der Waals surface area contributed by atoms with E-state index in [1.807, 2.05) is 6.07 Å². The third-order valence-corrected chi connectivity index (χ3v) is 5.62. The van der Waals surface area contributed by atoms with Gasteiger partial charge in [0.15, 0.2) is 5.76 Å². The number of primary amides is 1.